The molecule has 0 radical (unpaired) electrons. The second-order valence-corrected chi connectivity index (χ2v) is 6.59. The number of rotatable bonds is 12. The summed E-state index contributed by atoms with van der Waals surface area (Å²) in [5, 5.41) is 21.0. The topological polar surface area (TPSA) is 101 Å². The Morgan fingerprint density at radius 1 is 1.21 bits per heavy atom. The molecule has 8 heteroatoms. The molecule has 1 aromatic heterocycles. The van der Waals surface area contributed by atoms with Crippen LogP contribution in [0.5, 0.6) is 5.19 Å². The van der Waals surface area contributed by atoms with Gasteiger partial charge in [0.25, 0.3) is 5.19 Å². The van der Waals surface area contributed by atoms with Crippen molar-refractivity contribution in [3.05, 3.63) is 6.20 Å². The number of aromatic nitrogens is 1. The summed E-state index contributed by atoms with van der Waals surface area (Å²) < 4.78 is 10.5. The van der Waals surface area contributed by atoms with Crippen LogP contribution in [0.2, 0.25) is 0 Å². The van der Waals surface area contributed by atoms with Crippen molar-refractivity contribution in [3.63, 3.8) is 0 Å². The molecular weight excluding hydrogens is 332 g/mol. The molecule has 0 bridgehead atoms. The average molecular weight is 360 g/mol. The molecule has 1 amide bonds. The van der Waals surface area contributed by atoms with Gasteiger partial charge in [0.2, 0.25) is 0 Å². The Bertz CT molecular complexity index is 461. The maximum absolute atomic E-state index is 11.8. The maximum Gasteiger partial charge on any atom is 0.412 e. The number of thiazole rings is 1. The van der Waals surface area contributed by atoms with E-state index in [9.17, 15) is 4.79 Å². The molecule has 0 saturated heterocycles. The summed E-state index contributed by atoms with van der Waals surface area (Å²) in [6.07, 6.45) is 5.18. The molecule has 0 unspecified atom stereocenters. The number of carbonyl (C=O) groups excluding carboxylic acids is 1. The molecule has 1 rings (SSSR count). The molecule has 0 spiro atoms. The highest BCUT2D eigenvalue weighted by molar-refractivity contribution is 7.17. The summed E-state index contributed by atoms with van der Waals surface area (Å²) in [5.74, 6) is 0.609. The van der Waals surface area contributed by atoms with Gasteiger partial charge in [-0.1, -0.05) is 50.9 Å². The number of anilines is 1. The SMILES string of the molecule is CCCC(CCC)CCOC(=O)Nc1cnc(OCCC(O)O)s1. The van der Waals surface area contributed by atoms with Crippen LogP contribution >= 0.6 is 11.3 Å². The first kappa shape index (κ1) is 20.7. The normalized spacial score (nSPS) is 11.1. The summed E-state index contributed by atoms with van der Waals surface area (Å²) in [7, 11) is 0. The van der Waals surface area contributed by atoms with E-state index in [2.05, 4.69) is 24.1 Å². The Labute approximate surface area is 147 Å². The van der Waals surface area contributed by atoms with Gasteiger partial charge in [-0.25, -0.2) is 9.78 Å². The Morgan fingerprint density at radius 2 is 1.92 bits per heavy atom. The quantitative estimate of drug-likeness (QED) is 0.494. The fraction of sp³-hybridized carbons (Fsp3) is 0.750. The minimum absolute atomic E-state index is 0.0983. The number of aliphatic hydroxyl groups is 2. The van der Waals surface area contributed by atoms with E-state index in [4.69, 9.17) is 19.7 Å². The van der Waals surface area contributed by atoms with E-state index in [1.165, 1.54) is 6.20 Å². The number of amides is 1. The van der Waals surface area contributed by atoms with Crippen LogP contribution in [0.4, 0.5) is 9.80 Å². The predicted molar refractivity (Wildman–Crippen MR) is 93.3 cm³/mol. The number of aliphatic hydroxyl groups excluding tert-OH is 1. The van der Waals surface area contributed by atoms with Crippen LogP contribution in [0, 0.1) is 5.92 Å². The highest BCUT2D eigenvalue weighted by atomic mass is 32.1. The molecule has 0 aliphatic carbocycles. The second kappa shape index (κ2) is 12.0. The molecule has 0 saturated carbocycles. The van der Waals surface area contributed by atoms with Crippen molar-refractivity contribution < 1.29 is 24.5 Å². The van der Waals surface area contributed by atoms with Gasteiger partial charge >= 0.3 is 6.09 Å². The smallest absolute Gasteiger partial charge is 0.412 e. The van der Waals surface area contributed by atoms with Crippen molar-refractivity contribution in [3.8, 4) is 5.19 Å². The van der Waals surface area contributed by atoms with Crippen LogP contribution < -0.4 is 10.1 Å². The van der Waals surface area contributed by atoms with E-state index in [0.29, 0.717) is 22.7 Å². The number of nitrogens with zero attached hydrogens (tertiary/aromatic N) is 1. The standard InChI is InChI=1S/C16H28N2O5S/c1-3-5-12(6-4-2)7-9-22-15(21)18-13-11-17-16(24-13)23-10-8-14(19)20/h11-12,14,19-20H,3-10H2,1-2H3,(H,18,21). The number of carbonyl (C=O) groups is 1. The number of ether oxygens (including phenoxy) is 2. The van der Waals surface area contributed by atoms with Gasteiger partial charge in [-0.3, -0.25) is 5.32 Å². The zero-order valence-electron chi connectivity index (χ0n) is 14.4. The molecule has 1 heterocycles. The maximum atomic E-state index is 11.8. The van der Waals surface area contributed by atoms with Crippen LogP contribution in [0.15, 0.2) is 6.20 Å². The lowest BCUT2D eigenvalue weighted by atomic mass is 9.95. The molecule has 24 heavy (non-hydrogen) atoms. The second-order valence-electron chi connectivity index (χ2n) is 5.60. The monoisotopic (exact) mass is 360 g/mol. The molecule has 0 atom stereocenters. The Hall–Kier alpha value is -1.38. The van der Waals surface area contributed by atoms with Crippen LogP contribution in [0.3, 0.4) is 0 Å². The van der Waals surface area contributed by atoms with Gasteiger partial charge in [-0.2, -0.15) is 0 Å². The van der Waals surface area contributed by atoms with Crippen LogP contribution in [-0.4, -0.2) is 40.8 Å². The number of nitrogens with one attached hydrogen (secondary N) is 1. The first-order valence-corrected chi connectivity index (χ1v) is 9.25. The molecular formula is C16H28N2O5S. The molecule has 0 fully saturated rings. The molecule has 0 aliphatic rings. The fourth-order valence-electron chi connectivity index (χ4n) is 2.34. The number of hydrogen-bond donors (Lipinski definition) is 3. The Balaban J connectivity index is 2.26. The van der Waals surface area contributed by atoms with Crippen molar-refractivity contribution in [2.24, 2.45) is 5.92 Å². The third kappa shape index (κ3) is 9.05. The predicted octanol–water partition coefficient (Wildman–Crippen LogP) is 3.38. The van der Waals surface area contributed by atoms with E-state index in [-0.39, 0.29) is 13.0 Å². The average Bonchev–Trinajstić information content (AvgIpc) is 2.94. The van der Waals surface area contributed by atoms with E-state index in [1.54, 1.807) is 0 Å². The van der Waals surface area contributed by atoms with Crippen molar-refractivity contribution in [1.82, 2.24) is 4.98 Å². The molecule has 3 N–H and O–H groups in total. The van der Waals surface area contributed by atoms with Crippen LogP contribution in [0.25, 0.3) is 0 Å². The van der Waals surface area contributed by atoms with E-state index in [0.717, 1.165) is 43.4 Å². The highest BCUT2D eigenvalue weighted by Crippen LogP contribution is 2.25. The minimum atomic E-state index is -1.40. The van der Waals surface area contributed by atoms with E-state index >= 15 is 0 Å². The first-order valence-electron chi connectivity index (χ1n) is 8.43. The van der Waals surface area contributed by atoms with Crippen molar-refractivity contribution in [2.75, 3.05) is 18.5 Å². The molecule has 1 aromatic rings. The van der Waals surface area contributed by atoms with Crippen molar-refractivity contribution in [1.29, 1.82) is 0 Å². The number of hydrogen-bond acceptors (Lipinski definition) is 7. The lowest BCUT2D eigenvalue weighted by molar-refractivity contribution is -0.0519. The molecule has 7 nitrogen and oxygen atoms in total. The lowest BCUT2D eigenvalue weighted by Crippen LogP contribution is -2.15. The Morgan fingerprint density at radius 3 is 2.54 bits per heavy atom. The van der Waals surface area contributed by atoms with Gasteiger partial charge in [0, 0.05) is 6.42 Å². The molecule has 138 valence electrons. The van der Waals surface area contributed by atoms with E-state index in [1.807, 2.05) is 0 Å². The van der Waals surface area contributed by atoms with Crippen LogP contribution in [-0.2, 0) is 4.74 Å². The summed E-state index contributed by atoms with van der Waals surface area (Å²) in [6, 6.07) is 0. The summed E-state index contributed by atoms with van der Waals surface area (Å²) in [5.41, 5.74) is 0. The van der Waals surface area contributed by atoms with Gasteiger partial charge in [0.1, 0.15) is 5.00 Å². The van der Waals surface area contributed by atoms with Gasteiger partial charge in [0.15, 0.2) is 6.29 Å². The van der Waals surface area contributed by atoms with Gasteiger partial charge < -0.3 is 19.7 Å². The summed E-state index contributed by atoms with van der Waals surface area (Å²) >= 11 is 1.16. The summed E-state index contributed by atoms with van der Waals surface area (Å²) in [6.45, 7) is 4.89. The third-order valence-corrected chi connectivity index (χ3v) is 4.29. The summed E-state index contributed by atoms with van der Waals surface area (Å²) in [4.78, 5) is 15.7. The largest absolute Gasteiger partial charge is 0.470 e. The minimum Gasteiger partial charge on any atom is -0.470 e. The van der Waals surface area contributed by atoms with Gasteiger partial charge in [-0.15, -0.1) is 0 Å². The molecule has 0 aliphatic heterocycles. The van der Waals surface area contributed by atoms with Crippen molar-refractivity contribution in [2.45, 2.75) is 58.7 Å². The fourth-order valence-corrected chi connectivity index (χ4v) is 3.01. The van der Waals surface area contributed by atoms with Crippen molar-refractivity contribution >= 4 is 22.4 Å². The zero-order valence-corrected chi connectivity index (χ0v) is 15.2. The first-order chi connectivity index (χ1) is 11.5. The lowest BCUT2D eigenvalue weighted by Gasteiger charge is -2.14. The van der Waals surface area contributed by atoms with E-state index < -0.39 is 12.4 Å². The third-order valence-electron chi connectivity index (χ3n) is 3.46. The van der Waals surface area contributed by atoms with Gasteiger partial charge in [-0.05, 0) is 12.3 Å². The van der Waals surface area contributed by atoms with Gasteiger partial charge in [0.05, 0.1) is 19.4 Å². The van der Waals surface area contributed by atoms with Crippen LogP contribution in [0.1, 0.15) is 52.4 Å². The zero-order chi connectivity index (χ0) is 17.8. The Kier molecular flexibility index (Phi) is 10.4. The molecule has 0 aromatic carbocycles. The highest BCUT2D eigenvalue weighted by Gasteiger charge is 2.11.